The molecule has 1 aliphatic carbocycles. The van der Waals surface area contributed by atoms with Crippen LogP contribution in [0.15, 0.2) is 0 Å². The van der Waals surface area contributed by atoms with Crippen molar-refractivity contribution in [3.8, 4) is 0 Å². The van der Waals surface area contributed by atoms with Crippen molar-refractivity contribution < 1.29 is 4.74 Å². The summed E-state index contributed by atoms with van der Waals surface area (Å²) in [6.45, 7) is 9.96. The number of hydrogen-bond acceptors (Lipinski definition) is 2. The number of rotatable bonds is 3. The van der Waals surface area contributed by atoms with Crippen molar-refractivity contribution >= 4 is 0 Å². The third-order valence-electron chi connectivity index (χ3n) is 3.74. The molecule has 1 saturated heterocycles. The quantitative estimate of drug-likeness (QED) is 0.774. The Morgan fingerprint density at radius 2 is 1.87 bits per heavy atom. The first-order valence-corrected chi connectivity index (χ1v) is 6.39. The predicted molar refractivity (Wildman–Crippen MR) is 62.9 cm³/mol. The van der Waals surface area contributed by atoms with E-state index < -0.39 is 0 Å². The van der Waals surface area contributed by atoms with Crippen molar-refractivity contribution in [2.75, 3.05) is 19.8 Å². The van der Waals surface area contributed by atoms with Gasteiger partial charge < -0.3 is 10.1 Å². The molecule has 88 valence electrons. The lowest BCUT2D eigenvalue weighted by Gasteiger charge is -2.23. The van der Waals surface area contributed by atoms with Gasteiger partial charge in [0.15, 0.2) is 0 Å². The molecule has 15 heavy (non-hydrogen) atoms. The average molecular weight is 211 g/mol. The Balaban J connectivity index is 1.67. The minimum atomic E-state index is 0.281. The fourth-order valence-corrected chi connectivity index (χ4v) is 2.66. The van der Waals surface area contributed by atoms with Crippen LogP contribution in [0.25, 0.3) is 0 Å². The van der Waals surface area contributed by atoms with Gasteiger partial charge in [0.1, 0.15) is 0 Å². The monoisotopic (exact) mass is 211 g/mol. The van der Waals surface area contributed by atoms with Crippen LogP contribution in [0, 0.1) is 17.8 Å². The molecule has 2 fully saturated rings. The highest BCUT2D eigenvalue weighted by Crippen LogP contribution is 2.47. The Morgan fingerprint density at radius 3 is 2.47 bits per heavy atom. The van der Waals surface area contributed by atoms with Crippen LogP contribution in [-0.2, 0) is 4.74 Å². The maximum atomic E-state index is 5.41. The fourth-order valence-electron chi connectivity index (χ4n) is 2.66. The van der Waals surface area contributed by atoms with Crippen LogP contribution in [0.1, 0.15) is 40.0 Å². The molecule has 2 aliphatic rings. The molecule has 0 bridgehead atoms. The van der Waals surface area contributed by atoms with Gasteiger partial charge in [0.25, 0.3) is 0 Å². The third kappa shape index (κ3) is 3.46. The second kappa shape index (κ2) is 4.42. The lowest BCUT2D eigenvalue weighted by Crippen LogP contribution is -2.37. The minimum absolute atomic E-state index is 0.281. The van der Waals surface area contributed by atoms with Gasteiger partial charge in [-0.2, -0.15) is 0 Å². The highest BCUT2D eigenvalue weighted by molar-refractivity contribution is 4.94. The van der Waals surface area contributed by atoms with Gasteiger partial charge in [0, 0.05) is 18.8 Å². The molecular weight excluding hydrogens is 186 g/mol. The summed E-state index contributed by atoms with van der Waals surface area (Å²) >= 11 is 0. The Hall–Kier alpha value is -0.0800. The van der Waals surface area contributed by atoms with Crippen molar-refractivity contribution in [1.82, 2.24) is 5.32 Å². The molecule has 1 aliphatic heterocycles. The molecule has 0 radical (unpaired) electrons. The van der Waals surface area contributed by atoms with Gasteiger partial charge in [0.05, 0.1) is 0 Å². The molecule has 0 aromatic rings. The second-order valence-corrected chi connectivity index (χ2v) is 6.24. The van der Waals surface area contributed by atoms with Crippen LogP contribution in [0.2, 0.25) is 0 Å². The average Bonchev–Trinajstić information content (AvgIpc) is 2.94. The largest absolute Gasteiger partial charge is 0.381 e. The summed E-state index contributed by atoms with van der Waals surface area (Å²) in [6, 6.07) is 0. The molecule has 1 saturated carbocycles. The van der Waals surface area contributed by atoms with E-state index in [1.165, 1.54) is 25.8 Å². The van der Waals surface area contributed by atoms with E-state index in [2.05, 4.69) is 26.1 Å². The number of hydrogen-bond donors (Lipinski definition) is 1. The molecular formula is C13H25NO. The topological polar surface area (TPSA) is 21.3 Å². The van der Waals surface area contributed by atoms with Crippen LogP contribution in [-0.4, -0.2) is 25.3 Å². The summed E-state index contributed by atoms with van der Waals surface area (Å²) in [4.78, 5) is 0. The zero-order valence-corrected chi connectivity index (χ0v) is 10.4. The Bertz CT molecular complexity index is 203. The smallest absolute Gasteiger partial charge is 0.0468 e. The molecule has 0 aromatic heterocycles. The van der Waals surface area contributed by atoms with Gasteiger partial charge in [-0.05, 0) is 64.3 Å². The van der Waals surface area contributed by atoms with Gasteiger partial charge >= 0.3 is 0 Å². The van der Waals surface area contributed by atoms with E-state index in [0.29, 0.717) is 0 Å². The minimum Gasteiger partial charge on any atom is -0.381 e. The summed E-state index contributed by atoms with van der Waals surface area (Å²) in [6.07, 6.45) is 4.06. The van der Waals surface area contributed by atoms with E-state index in [-0.39, 0.29) is 5.54 Å². The Kier molecular flexibility index (Phi) is 3.36. The van der Waals surface area contributed by atoms with E-state index in [4.69, 9.17) is 4.74 Å². The zero-order chi connectivity index (χ0) is 10.9. The second-order valence-electron chi connectivity index (χ2n) is 6.24. The van der Waals surface area contributed by atoms with Crippen LogP contribution in [0.3, 0.4) is 0 Å². The normalized spacial score (nSPS) is 33.0. The first kappa shape index (κ1) is 11.4. The lowest BCUT2D eigenvalue weighted by atomic mass is 9.93. The van der Waals surface area contributed by atoms with E-state index in [9.17, 15) is 0 Å². The SMILES string of the molecule is CC(C)(C)NCC1CC1C1CCOCC1. The first-order chi connectivity index (χ1) is 7.06. The van der Waals surface area contributed by atoms with Crippen molar-refractivity contribution in [3.05, 3.63) is 0 Å². The maximum Gasteiger partial charge on any atom is 0.0468 e. The van der Waals surface area contributed by atoms with Gasteiger partial charge in [-0.1, -0.05) is 0 Å². The summed E-state index contributed by atoms with van der Waals surface area (Å²) in [5.74, 6) is 2.92. The Labute approximate surface area is 93.8 Å². The van der Waals surface area contributed by atoms with E-state index in [1.807, 2.05) is 0 Å². The standard InChI is InChI=1S/C13H25NO/c1-13(2,3)14-9-11-8-12(11)10-4-6-15-7-5-10/h10-12,14H,4-9H2,1-3H3. The highest BCUT2D eigenvalue weighted by atomic mass is 16.5. The molecule has 1 N–H and O–H groups in total. The van der Waals surface area contributed by atoms with E-state index in [1.54, 1.807) is 0 Å². The van der Waals surface area contributed by atoms with Crippen LogP contribution in [0.5, 0.6) is 0 Å². The summed E-state index contributed by atoms with van der Waals surface area (Å²) in [5.41, 5.74) is 0.281. The molecule has 2 heteroatoms. The highest BCUT2D eigenvalue weighted by Gasteiger charge is 2.42. The fraction of sp³-hybridized carbons (Fsp3) is 1.00. The molecule has 2 nitrogen and oxygen atoms in total. The molecule has 0 spiro atoms. The molecule has 2 unspecified atom stereocenters. The molecule has 2 rings (SSSR count). The van der Waals surface area contributed by atoms with Crippen molar-refractivity contribution in [2.45, 2.75) is 45.6 Å². The van der Waals surface area contributed by atoms with Gasteiger partial charge in [-0.25, -0.2) is 0 Å². The van der Waals surface area contributed by atoms with E-state index in [0.717, 1.165) is 31.0 Å². The van der Waals surface area contributed by atoms with Crippen molar-refractivity contribution in [3.63, 3.8) is 0 Å². The summed E-state index contributed by atoms with van der Waals surface area (Å²) in [7, 11) is 0. The van der Waals surface area contributed by atoms with Crippen LogP contribution in [0.4, 0.5) is 0 Å². The van der Waals surface area contributed by atoms with Crippen molar-refractivity contribution in [2.24, 2.45) is 17.8 Å². The molecule has 0 amide bonds. The van der Waals surface area contributed by atoms with Gasteiger partial charge in [-0.3, -0.25) is 0 Å². The molecule has 0 aromatic carbocycles. The lowest BCUT2D eigenvalue weighted by molar-refractivity contribution is 0.0580. The van der Waals surface area contributed by atoms with E-state index >= 15 is 0 Å². The molecule has 2 atom stereocenters. The number of ether oxygens (including phenoxy) is 1. The van der Waals surface area contributed by atoms with Gasteiger partial charge in [-0.15, -0.1) is 0 Å². The van der Waals surface area contributed by atoms with Gasteiger partial charge in [0.2, 0.25) is 0 Å². The van der Waals surface area contributed by atoms with Crippen molar-refractivity contribution in [1.29, 1.82) is 0 Å². The Morgan fingerprint density at radius 1 is 1.20 bits per heavy atom. The zero-order valence-electron chi connectivity index (χ0n) is 10.4. The first-order valence-electron chi connectivity index (χ1n) is 6.39. The van der Waals surface area contributed by atoms with Crippen LogP contribution >= 0.6 is 0 Å². The maximum absolute atomic E-state index is 5.41. The van der Waals surface area contributed by atoms with Crippen LogP contribution < -0.4 is 5.32 Å². The number of nitrogens with one attached hydrogen (secondary N) is 1. The summed E-state index contributed by atoms with van der Waals surface area (Å²) in [5, 5.41) is 3.62. The molecule has 1 heterocycles. The predicted octanol–water partition coefficient (Wildman–Crippen LogP) is 2.44. The summed E-state index contributed by atoms with van der Waals surface area (Å²) < 4.78 is 5.41. The third-order valence-corrected chi connectivity index (χ3v) is 3.74.